The van der Waals surface area contributed by atoms with Gasteiger partial charge in [0.2, 0.25) is 5.12 Å². The summed E-state index contributed by atoms with van der Waals surface area (Å²) in [5.74, 6) is -1.99. The molecule has 11 heteroatoms. The first kappa shape index (κ1) is 34.2. The first-order valence-corrected chi connectivity index (χ1v) is 17.4. The molecule has 0 bridgehead atoms. The number of Topliss-reactive ketones (excluding diaryl/α,β-unsaturated/α-hetero) is 1. The van der Waals surface area contributed by atoms with E-state index in [1.165, 1.54) is 23.9 Å². The van der Waals surface area contributed by atoms with Gasteiger partial charge in [0, 0.05) is 16.7 Å². The Bertz CT molecular complexity index is 1230. The van der Waals surface area contributed by atoms with Crippen molar-refractivity contribution in [3.05, 3.63) is 23.8 Å². The van der Waals surface area contributed by atoms with E-state index in [1.807, 2.05) is 6.26 Å². The van der Waals surface area contributed by atoms with E-state index in [2.05, 4.69) is 5.32 Å². The summed E-state index contributed by atoms with van der Waals surface area (Å²) in [4.78, 5) is 51.6. The number of ether oxygens (including phenoxy) is 1. The third kappa shape index (κ3) is 5.65. The predicted octanol–water partition coefficient (Wildman–Crippen LogP) is 4.81. The largest absolute Gasteiger partial charge is 0.444 e. The summed E-state index contributed by atoms with van der Waals surface area (Å²) in [6.07, 6.45) is 5.63. The lowest BCUT2D eigenvalue weighted by Gasteiger charge is -2.62. The van der Waals surface area contributed by atoms with Crippen LogP contribution < -0.4 is 5.32 Å². The van der Waals surface area contributed by atoms with Crippen molar-refractivity contribution in [2.45, 2.75) is 103 Å². The fraction of sp³-hybridized carbons (Fsp3) is 0.750. The van der Waals surface area contributed by atoms with Gasteiger partial charge >= 0.3 is 6.09 Å². The number of thioether (sulfide) groups is 2. The fourth-order valence-electron chi connectivity index (χ4n) is 8.42. The van der Waals surface area contributed by atoms with E-state index in [4.69, 9.17) is 4.74 Å². The molecule has 0 spiro atoms. The van der Waals surface area contributed by atoms with E-state index in [1.54, 1.807) is 47.6 Å². The van der Waals surface area contributed by atoms with Crippen molar-refractivity contribution < 1.29 is 38.5 Å². The van der Waals surface area contributed by atoms with Crippen LogP contribution in [0.5, 0.6) is 0 Å². The number of nitrogens with one attached hydrogen (secondary N) is 1. The van der Waals surface area contributed by atoms with Crippen LogP contribution >= 0.6 is 23.5 Å². The van der Waals surface area contributed by atoms with Gasteiger partial charge in [-0.1, -0.05) is 37.3 Å². The van der Waals surface area contributed by atoms with E-state index in [9.17, 15) is 29.4 Å². The molecule has 43 heavy (non-hydrogen) atoms. The van der Waals surface area contributed by atoms with Gasteiger partial charge in [0.15, 0.2) is 17.2 Å². The van der Waals surface area contributed by atoms with E-state index < -0.39 is 74.6 Å². The molecule has 3 saturated carbocycles. The summed E-state index contributed by atoms with van der Waals surface area (Å²) in [5, 5.41) is 25.9. The monoisotopic (exact) mass is 639 g/mol. The lowest BCUT2D eigenvalue weighted by Crippen LogP contribution is -2.69. The van der Waals surface area contributed by atoms with Gasteiger partial charge in [0.05, 0.1) is 11.9 Å². The Labute approximate surface area is 262 Å². The van der Waals surface area contributed by atoms with Crippen LogP contribution in [0.15, 0.2) is 23.8 Å². The standard InChI is InChI=1S/C32H46FNO7S2/c1-18-14-22-21-9-8-19-15-20(35)10-12-29(19,5)31(21,33)24(36)16-30(22,6)32(18,40)25(37)17-43-26(38)23(11-13-42-7)34-27(39)41-28(2,3)4/h10,12,15,18,21-24,36,40H,8-9,11,13-14,16-17H2,1-7H3,(H,34,39)/t18?,21-,22-,23?,24?,29-,30-,31-,32-/m0/s1. The van der Waals surface area contributed by atoms with Gasteiger partial charge < -0.3 is 20.3 Å². The van der Waals surface area contributed by atoms with E-state index >= 15 is 4.39 Å². The van der Waals surface area contributed by atoms with Crippen molar-refractivity contribution in [1.82, 2.24) is 5.32 Å². The number of hydrogen-bond acceptors (Lipinski definition) is 9. The molecule has 0 aromatic carbocycles. The third-order valence-corrected chi connectivity index (χ3v) is 12.2. The van der Waals surface area contributed by atoms with Crippen LogP contribution in [0.4, 0.5) is 9.18 Å². The number of alkyl halides is 1. The zero-order chi connectivity index (χ0) is 32.2. The highest BCUT2D eigenvalue weighted by molar-refractivity contribution is 8.14. The summed E-state index contributed by atoms with van der Waals surface area (Å²) < 4.78 is 22.7. The quantitative estimate of drug-likeness (QED) is 0.343. The van der Waals surface area contributed by atoms with Gasteiger partial charge in [-0.25, -0.2) is 9.18 Å². The van der Waals surface area contributed by atoms with Gasteiger partial charge in [0.1, 0.15) is 17.2 Å². The zero-order valence-corrected chi connectivity index (χ0v) is 27.8. The maximum atomic E-state index is 17.4. The van der Waals surface area contributed by atoms with Crippen LogP contribution in [0.25, 0.3) is 0 Å². The molecule has 0 saturated heterocycles. The number of alkyl carbamates (subject to hydrolysis) is 1. The number of carbonyl (C=O) groups is 4. The highest BCUT2D eigenvalue weighted by Crippen LogP contribution is 2.70. The van der Waals surface area contributed by atoms with Crippen molar-refractivity contribution in [3.8, 4) is 0 Å². The Morgan fingerprint density at radius 2 is 1.91 bits per heavy atom. The van der Waals surface area contributed by atoms with Crippen LogP contribution in [0.2, 0.25) is 0 Å². The molecule has 3 unspecified atom stereocenters. The molecular weight excluding hydrogens is 593 g/mol. The number of hydrogen-bond donors (Lipinski definition) is 3. The third-order valence-electron chi connectivity index (χ3n) is 10.6. The summed E-state index contributed by atoms with van der Waals surface area (Å²) in [6, 6.07) is -0.872. The Hall–Kier alpha value is -1.69. The molecule has 240 valence electrons. The lowest BCUT2D eigenvalue weighted by atomic mass is 9.44. The Balaban J connectivity index is 1.54. The maximum absolute atomic E-state index is 17.4. The van der Waals surface area contributed by atoms with Crippen LogP contribution in [-0.4, -0.2) is 79.8 Å². The summed E-state index contributed by atoms with van der Waals surface area (Å²) in [6.45, 7) is 10.5. The molecule has 0 aromatic rings. The minimum atomic E-state index is -2.06. The number of carbonyl (C=O) groups excluding carboxylic acids is 4. The van der Waals surface area contributed by atoms with Gasteiger partial charge in [-0.15, -0.1) is 0 Å². The van der Waals surface area contributed by atoms with Gasteiger partial charge in [-0.2, -0.15) is 11.8 Å². The Kier molecular flexibility index (Phi) is 9.47. The average molecular weight is 640 g/mol. The minimum Gasteiger partial charge on any atom is -0.444 e. The van der Waals surface area contributed by atoms with Gasteiger partial charge in [-0.3, -0.25) is 14.4 Å². The maximum Gasteiger partial charge on any atom is 0.408 e. The molecule has 0 aliphatic heterocycles. The molecule has 9 atom stereocenters. The molecule has 0 heterocycles. The number of allylic oxidation sites excluding steroid dienone is 4. The van der Waals surface area contributed by atoms with E-state index in [-0.39, 0.29) is 18.0 Å². The molecule has 4 aliphatic rings. The number of halogens is 1. The van der Waals surface area contributed by atoms with Crippen LogP contribution in [0, 0.1) is 28.6 Å². The summed E-state index contributed by atoms with van der Waals surface area (Å²) >= 11 is 2.27. The number of ketones is 2. The molecular formula is C32H46FNO7S2. The number of amides is 1. The van der Waals surface area contributed by atoms with Crippen molar-refractivity contribution in [2.24, 2.45) is 28.6 Å². The molecule has 4 rings (SSSR count). The summed E-state index contributed by atoms with van der Waals surface area (Å²) in [7, 11) is 0. The smallest absolute Gasteiger partial charge is 0.408 e. The number of aliphatic hydroxyl groups is 2. The van der Waals surface area contributed by atoms with E-state index in [0.29, 0.717) is 37.0 Å². The second kappa shape index (κ2) is 11.9. The van der Waals surface area contributed by atoms with Crippen LogP contribution in [-0.2, 0) is 19.1 Å². The van der Waals surface area contributed by atoms with E-state index in [0.717, 1.165) is 11.8 Å². The van der Waals surface area contributed by atoms with Crippen molar-refractivity contribution in [1.29, 1.82) is 0 Å². The summed E-state index contributed by atoms with van der Waals surface area (Å²) in [5.41, 5.74) is -6.29. The SMILES string of the molecule is CSCCC(NC(=O)OC(C)(C)C)C(=O)SCC(=O)[C@@]1(O)C(C)C[C@H]2[C@@H]3CCC4=CC(=O)C=C[C@]4(C)[C@@]3(F)C(O)C[C@@]21C. The number of aliphatic hydroxyl groups excluding tert-OH is 1. The van der Waals surface area contributed by atoms with Crippen molar-refractivity contribution in [3.63, 3.8) is 0 Å². The number of rotatable bonds is 8. The molecule has 0 radical (unpaired) electrons. The first-order chi connectivity index (χ1) is 19.8. The zero-order valence-electron chi connectivity index (χ0n) is 26.2. The Morgan fingerprint density at radius 3 is 2.53 bits per heavy atom. The van der Waals surface area contributed by atoms with Crippen molar-refractivity contribution in [2.75, 3.05) is 17.8 Å². The molecule has 0 aromatic heterocycles. The fourth-order valence-corrected chi connectivity index (χ4v) is 9.77. The molecule has 3 N–H and O–H groups in total. The topological polar surface area (TPSA) is 130 Å². The van der Waals surface area contributed by atoms with Crippen molar-refractivity contribution >= 4 is 46.3 Å². The average Bonchev–Trinajstić information content (AvgIpc) is 3.11. The molecule has 1 amide bonds. The predicted molar refractivity (Wildman–Crippen MR) is 166 cm³/mol. The van der Waals surface area contributed by atoms with Gasteiger partial charge in [0.25, 0.3) is 0 Å². The molecule has 4 aliphatic carbocycles. The minimum absolute atomic E-state index is 0.128. The second-order valence-corrected chi connectivity index (χ2v) is 16.1. The van der Waals surface area contributed by atoms with Crippen LogP contribution in [0.3, 0.4) is 0 Å². The lowest BCUT2D eigenvalue weighted by molar-refractivity contribution is -0.218. The molecule has 3 fully saturated rings. The highest BCUT2D eigenvalue weighted by Gasteiger charge is 2.75. The van der Waals surface area contributed by atoms with Gasteiger partial charge in [-0.05, 0) is 95.8 Å². The normalized spacial score (nSPS) is 39.2. The van der Waals surface area contributed by atoms with Crippen LogP contribution in [0.1, 0.15) is 73.6 Å². The molecule has 8 nitrogen and oxygen atoms in total. The highest BCUT2D eigenvalue weighted by atomic mass is 32.2. The first-order valence-electron chi connectivity index (χ1n) is 15.1. The second-order valence-electron chi connectivity index (χ2n) is 14.2. The Morgan fingerprint density at radius 1 is 1.23 bits per heavy atom. The number of fused-ring (bicyclic) bond motifs is 5.